The Balaban J connectivity index is 2.39. The van der Waals surface area contributed by atoms with Gasteiger partial charge in [0.05, 0.1) is 22.1 Å². The lowest BCUT2D eigenvalue weighted by Crippen LogP contribution is -2.07. The Bertz CT molecular complexity index is 802. The number of hydrogen-bond donors (Lipinski definition) is 0. The summed E-state index contributed by atoms with van der Waals surface area (Å²) in [5.74, 6) is 0.612. The van der Waals surface area contributed by atoms with Crippen LogP contribution in [0.2, 0.25) is 0 Å². The summed E-state index contributed by atoms with van der Waals surface area (Å²) in [7, 11) is 3.73. The third kappa shape index (κ3) is 4.75. The minimum atomic E-state index is -4.41. The first-order valence-electron chi connectivity index (χ1n) is 7.45. The number of alkyl halides is 3. The molecule has 134 valence electrons. The van der Waals surface area contributed by atoms with Crippen LogP contribution < -0.4 is 4.74 Å². The molecule has 0 aliphatic carbocycles. The van der Waals surface area contributed by atoms with Crippen molar-refractivity contribution in [3.05, 3.63) is 51.5 Å². The van der Waals surface area contributed by atoms with Gasteiger partial charge in [-0.2, -0.15) is 13.2 Å². The first-order chi connectivity index (χ1) is 11.6. The van der Waals surface area contributed by atoms with E-state index in [-0.39, 0.29) is 5.75 Å². The summed E-state index contributed by atoms with van der Waals surface area (Å²) < 4.78 is 44.9. The van der Waals surface area contributed by atoms with Gasteiger partial charge in [0.1, 0.15) is 11.5 Å². The van der Waals surface area contributed by atoms with Crippen LogP contribution in [0.5, 0.6) is 11.5 Å². The van der Waals surface area contributed by atoms with Crippen LogP contribution in [0.3, 0.4) is 0 Å². The SMILES string of the molecule is Cc1cc(Oc2cccc(C(F)(F)F)c2)c(C)c(Br)c1/N=C/N(C)C. The summed E-state index contributed by atoms with van der Waals surface area (Å²) in [6.45, 7) is 3.69. The standard InChI is InChI=1S/C18H18BrF3N2O/c1-11-8-15(12(2)16(19)17(11)23-10-24(3)4)25-14-7-5-6-13(9-14)18(20,21)22/h5-10H,1-4H3/b23-10+. The number of benzene rings is 2. The fourth-order valence-electron chi connectivity index (χ4n) is 2.13. The van der Waals surface area contributed by atoms with Crippen LogP contribution in [0.25, 0.3) is 0 Å². The lowest BCUT2D eigenvalue weighted by molar-refractivity contribution is -0.137. The predicted octanol–water partition coefficient (Wildman–Crippen LogP) is 6.10. The third-order valence-corrected chi connectivity index (χ3v) is 4.41. The molecule has 0 fully saturated rings. The second-order valence-electron chi connectivity index (χ2n) is 5.82. The molecule has 0 heterocycles. The van der Waals surface area contributed by atoms with Gasteiger partial charge in [-0.1, -0.05) is 6.07 Å². The van der Waals surface area contributed by atoms with Gasteiger partial charge in [-0.05, 0) is 59.6 Å². The van der Waals surface area contributed by atoms with E-state index in [9.17, 15) is 13.2 Å². The maximum atomic E-state index is 12.8. The molecule has 0 spiro atoms. The molecule has 0 N–H and O–H groups in total. The van der Waals surface area contributed by atoms with Gasteiger partial charge in [0.15, 0.2) is 0 Å². The van der Waals surface area contributed by atoms with Crippen LogP contribution in [-0.4, -0.2) is 25.3 Å². The van der Waals surface area contributed by atoms with Crippen molar-refractivity contribution < 1.29 is 17.9 Å². The van der Waals surface area contributed by atoms with Crippen LogP contribution in [-0.2, 0) is 6.18 Å². The monoisotopic (exact) mass is 414 g/mol. The summed E-state index contributed by atoms with van der Waals surface area (Å²) >= 11 is 3.50. The molecule has 0 aromatic heterocycles. The van der Waals surface area contributed by atoms with Crippen LogP contribution in [0.15, 0.2) is 39.8 Å². The highest BCUT2D eigenvalue weighted by Crippen LogP contribution is 2.40. The molecule has 2 aromatic rings. The quantitative estimate of drug-likeness (QED) is 0.446. The van der Waals surface area contributed by atoms with E-state index in [1.54, 1.807) is 12.4 Å². The Kier molecular flexibility index (Phi) is 5.77. The number of rotatable bonds is 4. The highest BCUT2D eigenvalue weighted by molar-refractivity contribution is 9.10. The third-order valence-electron chi connectivity index (χ3n) is 3.43. The van der Waals surface area contributed by atoms with E-state index in [0.717, 1.165) is 33.4 Å². The van der Waals surface area contributed by atoms with Crippen molar-refractivity contribution >= 4 is 28.0 Å². The van der Waals surface area contributed by atoms with Crippen molar-refractivity contribution in [2.24, 2.45) is 4.99 Å². The van der Waals surface area contributed by atoms with E-state index in [1.165, 1.54) is 12.1 Å². The summed E-state index contributed by atoms with van der Waals surface area (Å²) in [4.78, 5) is 6.22. The average Bonchev–Trinajstić information content (AvgIpc) is 2.51. The fourth-order valence-corrected chi connectivity index (χ4v) is 2.74. The first-order valence-corrected chi connectivity index (χ1v) is 8.24. The number of halogens is 4. The van der Waals surface area contributed by atoms with Crippen LogP contribution >= 0.6 is 15.9 Å². The van der Waals surface area contributed by atoms with Crippen LogP contribution in [0, 0.1) is 13.8 Å². The molecule has 0 aliphatic rings. The van der Waals surface area contributed by atoms with E-state index in [2.05, 4.69) is 20.9 Å². The molecule has 7 heteroatoms. The Morgan fingerprint density at radius 2 is 1.84 bits per heavy atom. The molecule has 0 atom stereocenters. The van der Waals surface area contributed by atoms with Crippen molar-refractivity contribution in [3.8, 4) is 11.5 Å². The van der Waals surface area contributed by atoms with Crippen molar-refractivity contribution in [2.75, 3.05) is 14.1 Å². The Labute approximate surface area is 153 Å². The van der Waals surface area contributed by atoms with Crippen molar-refractivity contribution in [1.82, 2.24) is 4.90 Å². The van der Waals surface area contributed by atoms with Gasteiger partial charge in [-0.25, -0.2) is 4.99 Å². The lowest BCUT2D eigenvalue weighted by atomic mass is 10.1. The maximum absolute atomic E-state index is 12.8. The Morgan fingerprint density at radius 3 is 2.44 bits per heavy atom. The highest BCUT2D eigenvalue weighted by Gasteiger charge is 2.30. The predicted molar refractivity (Wildman–Crippen MR) is 97.0 cm³/mol. The molecule has 0 saturated carbocycles. The van der Waals surface area contributed by atoms with E-state index in [4.69, 9.17) is 4.74 Å². The van der Waals surface area contributed by atoms with Gasteiger partial charge < -0.3 is 9.64 Å². The van der Waals surface area contributed by atoms with Crippen molar-refractivity contribution in [3.63, 3.8) is 0 Å². The zero-order valence-electron chi connectivity index (χ0n) is 14.3. The summed E-state index contributed by atoms with van der Waals surface area (Å²) in [5, 5.41) is 0. The molecule has 0 radical (unpaired) electrons. The Morgan fingerprint density at radius 1 is 1.16 bits per heavy atom. The van der Waals surface area contributed by atoms with E-state index >= 15 is 0 Å². The molecule has 3 nitrogen and oxygen atoms in total. The zero-order chi connectivity index (χ0) is 18.8. The largest absolute Gasteiger partial charge is 0.457 e. The summed E-state index contributed by atoms with van der Waals surface area (Å²) in [6.07, 6.45) is -2.73. The van der Waals surface area contributed by atoms with Gasteiger partial charge in [0.25, 0.3) is 0 Å². The number of aryl methyl sites for hydroxylation is 1. The van der Waals surface area contributed by atoms with Crippen molar-refractivity contribution in [2.45, 2.75) is 20.0 Å². The lowest BCUT2D eigenvalue weighted by Gasteiger charge is -2.15. The van der Waals surface area contributed by atoms with Gasteiger partial charge in [0.2, 0.25) is 0 Å². The average molecular weight is 415 g/mol. The topological polar surface area (TPSA) is 24.8 Å². The van der Waals surface area contributed by atoms with Gasteiger partial charge in [-0.3, -0.25) is 0 Å². The summed E-state index contributed by atoms with van der Waals surface area (Å²) in [5.41, 5.74) is 1.61. The van der Waals surface area contributed by atoms with Gasteiger partial charge in [-0.15, -0.1) is 0 Å². The van der Waals surface area contributed by atoms with E-state index in [0.29, 0.717) is 5.75 Å². The second-order valence-corrected chi connectivity index (χ2v) is 6.61. The summed E-state index contributed by atoms with van der Waals surface area (Å²) in [6, 6.07) is 6.59. The van der Waals surface area contributed by atoms with Crippen molar-refractivity contribution in [1.29, 1.82) is 0 Å². The molecular formula is C18H18BrF3N2O. The smallest absolute Gasteiger partial charge is 0.416 e. The van der Waals surface area contributed by atoms with E-state index < -0.39 is 11.7 Å². The molecule has 0 bridgehead atoms. The second kappa shape index (κ2) is 7.47. The Hall–Kier alpha value is -2.02. The molecular weight excluding hydrogens is 397 g/mol. The molecule has 0 aliphatic heterocycles. The zero-order valence-corrected chi connectivity index (χ0v) is 15.9. The molecule has 2 rings (SSSR count). The normalized spacial score (nSPS) is 11.8. The molecule has 0 saturated heterocycles. The number of ether oxygens (including phenoxy) is 1. The molecule has 0 unspecified atom stereocenters. The fraction of sp³-hybridized carbons (Fsp3) is 0.278. The molecule has 25 heavy (non-hydrogen) atoms. The van der Waals surface area contributed by atoms with Gasteiger partial charge in [0, 0.05) is 19.7 Å². The minimum Gasteiger partial charge on any atom is -0.457 e. The van der Waals surface area contributed by atoms with Gasteiger partial charge >= 0.3 is 6.18 Å². The first kappa shape index (κ1) is 19.3. The van der Waals surface area contributed by atoms with Crippen LogP contribution in [0.4, 0.5) is 18.9 Å². The number of nitrogens with zero attached hydrogens (tertiary/aromatic N) is 2. The van der Waals surface area contributed by atoms with E-state index in [1.807, 2.05) is 32.8 Å². The molecule has 0 amide bonds. The molecule has 2 aromatic carbocycles. The van der Waals surface area contributed by atoms with Crippen LogP contribution in [0.1, 0.15) is 16.7 Å². The number of aliphatic imine (C=N–C) groups is 1. The number of hydrogen-bond acceptors (Lipinski definition) is 2. The minimum absolute atomic E-state index is 0.133. The highest BCUT2D eigenvalue weighted by atomic mass is 79.9. The maximum Gasteiger partial charge on any atom is 0.416 e.